The molecule has 114 valence electrons. The van der Waals surface area contributed by atoms with Crippen LogP contribution < -0.4 is 11.4 Å². The van der Waals surface area contributed by atoms with Gasteiger partial charge in [0.2, 0.25) is 0 Å². The van der Waals surface area contributed by atoms with Crippen LogP contribution in [0, 0.1) is 11.6 Å². The zero-order valence-electron chi connectivity index (χ0n) is 11.3. The Kier molecular flexibility index (Phi) is 3.36. The van der Waals surface area contributed by atoms with E-state index in [1.807, 2.05) is 0 Å². The monoisotopic (exact) mass is 307 g/mol. The van der Waals surface area contributed by atoms with Crippen LogP contribution in [-0.2, 0) is 17.9 Å². The van der Waals surface area contributed by atoms with Crippen molar-refractivity contribution in [2.75, 3.05) is 0 Å². The van der Waals surface area contributed by atoms with Crippen molar-refractivity contribution >= 4 is 6.29 Å². The van der Waals surface area contributed by atoms with Crippen molar-refractivity contribution in [1.29, 1.82) is 0 Å². The molecule has 2 aromatic rings. The van der Waals surface area contributed by atoms with E-state index in [0.717, 1.165) is 32.1 Å². The average Bonchev–Trinajstić information content (AvgIpc) is 2.76. The quantitative estimate of drug-likeness (QED) is 0.611. The molecule has 1 aliphatic rings. The molecule has 1 unspecified atom stereocenters. The first-order valence-corrected chi connectivity index (χ1v) is 6.51. The summed E-state index contributed by atoms with van der Waals surface area (Å²) >= 11 is 0. The molecule has 1 aliphatic heterocycles. The predicted octanol–water partition coefficient (Wildman–Crippen LogP) is 0.448. The minimum absolute atomic E-state index is 0.113. The molecule has 0 saturated heterocycles. The van der Waals surface area contributed by atoms with Gasteiger partial charge in [-0.25, -0.2) is 32.3 Å². The molecule has 8 heteroatoms. The lowest BCUT2D eigenvalue weighted by atomic mass is 10.2. The molecule has 6 nitrogen and oxygen atoms in total. The Morgan fingerprint density at radius 1 is 1.23 bits per heavy atom. The van der Waals surface area contributed by atoms with Gasteiger partial charge >= 0.3 is 11.4 Å². The molecular weight excluding hydrogens is 296 g/mol. The van der Waals surface area contributed by atoms with Gasteiger partial charge in [-0.2, -0.15) is 0 Å². The van der Waals surface area contributed by atoms with E-state index in [1.165, 1.54) is 6.08 Å². The summed E-state index contributed by atoms with van der Waals surface area (Å²) in [4.78, 5) is 35.5. The van der Waals surface area contributed by atoms with E-state index in [2.05, 4.69) is 0 Å². The standard InChI is InChI=1S/C14H11F2N3O3/c15-10-3-4-12(16)9(6-10)7-17-13(21)18-5-1-2-11(8-20)19(18)14(17)22/h1-4,6,8,11H,5,7H2. The van der Waals surface area contributed by atoms with Crippen LogP contribution in [-0.4, -0.2) is 20.2 Å². The lowest BCUT2D eigenvalue weighted by Gasteiger charge is -2.15. The molecule has 0 fully saturated rings. The van der Waals surface area contributed by atoms with Crippen LogP contribution in [0.3, 0.4) is 0 Å². The van der Waals surface area contributed by atoms with E-state index in [-0.39, 0.29) is 12.1 Å². The fourth-order valence-electron chi connectivity index (χ4n) is 2.45. The summed E-state index contributed by atoms with van der Waals surface area (Å²) in [5, 5.41) is 0. The lowest BCUT2D eigenvalue weighted by Crippen LogP contribution is -2.33. The molecule has 0 N–H and O–H groups in total. The van der Waals surface area contributed by atoms with Crippen LogP contribution >= 0.6 is 0 Å². The second-order valence-corrected chi connectivity index (χ2v) is 4.87. The number of carbonyl (C=O) groups is 1. The van der Waals surface area contributed by atoms with E-state index in [4.69, 9.17) is 0 Å². The highest BCUT2D eigenvalue weighted by molar-refractivity contribution is 5.58. The number of allylic oxidation sites excluding steroid dienone is 2. The number of hydrogen-bond donors (Lipinski definition) is 0. The highest BCUT2D eigenvalue weighted by Crippen LogP contribution is 2.11. The molecule has 0 saturated carbocycles. The third-order valence-corrected chi connectivity index (χ3v) is 3.51. The minimum Gasteiger partial charge on any atom is -0.301 e. The Morgan fingerprint density at radius 2 is 2.00 bits per heavy atom. The number of benzene rings is 1. The molecule has 2 heterocycles. The van der Waals surface area contributed by atoms with Gasteiger partial charge in [-0.3, -0.25) is 0 Å². The smallest absolute Gasteiger partial charge is 0.301 e. The summed E-state index contributed by atoms with van der Waals surface area (Å²) in [6.45, 7) is -0.267. The third-order valence-electron chi connectivity index (χ3n) is 3.51. The molecule has 1 aromatic carbocycles. The Bertz CT molecular complexity index is 892. The Balaban J connectivity index is 2.12. The fraction of sp³-hybridized carbons (Fsp3) is 0.214. The molecule has 1 aromatic heterocycles. The van der Waals surface area contributed by atoms with Gasteiger partial charge in [-0.15, -0.1) is 0 Å². The fourth-order valence-corrected chi connectivity index (χ4v) is 2.45. The molecule has 0 radical (unpaired) electrons. The average molecular weight is 307 g/mol. The lowest BCUT2D eigenvalue weighted by molar-refractivity contribution is -0.110. The van der Waals surface area contributed by atoms with Gasteiger partial charge in [-0.1, -0.05) is 12.2 Å². The van der Waals surface area contributed by atoms with E-state index < -0.39 is 35.6 Å². The van der Waals surface area contributed by atoms with Crippen LogP contribution in [0.4, 0.5) is 8.78 Å². The highest BCUT2D eigenvalue weighted by atomic mass is 19.1. The van der Waals surface area contributed by atoms with Gasteiger partial charge in [0.1, 0.15) is 24.0 Å². The van der Waals surface area contributed by atoms with Gasteiger partial charge in [-0.05, 0) is 18.2 Å². The first-order valence-electron chi connectivity index (χ1n) is 6.51. The maximum absolute atomic E-state index is 13.7. The zero-order valence-corrected chi connectivity index (χ0v) is 11.3. The molecular formula is C14H11F2N3O3. The second-order valence-electron chi connectivity index (χ2n) is 4.87. The van der Waals surface area contributed by atoms with Crippen LogP contribution in [0.25, 0.3) is 0 Å². The van der Waals surface area contributed by atoms with Crippen molar-refractivity contribution in [3.8, 4) is 0 Å². The number of aldehydes is 1. The van der Waals surface area contributed by atoms with E-state index in [1.54, 1.807) is 6.08 Å². The SMILES string of the molecule is O=CC1C=CCn2c(=O)n(Cc3cc(F)ccc3F)c(=O)n21. The van der Waals surface area contributed by atoms with Crippen LogP contribution in [0.15, 0.2) is 39.9 Å². The molecule has 1 atom stereocenters. The number of rotatable bonds is 3. The number of halogens is 2. The number of hydrogen-bond acceptors (Lipinski definition) is 3. The predicted molar refractivity (Wildman–Crippen MR) is 72.7 cm³/mol. The van der Waals surface area contributed by atoms with Gasteiger partial charge < -0.3 is 4.79 Å². The molecule has 0 aliphatic carbocycles. The van der Waals surface area contributed by atoms with Gasteiger partial charge in [0.15, 0.2) is 0 Å². The Morgan fingerprint density at radius 3 is 2.73 bits per heavy atom. The van der Waals surface area contributed by atoms with Crippen molar-refractivity contribution in [3.63, 3.8) is 0 Å². The molecule has 22 heavy (non-hydrogen) atoms. The van der Waals surface area contributed by atoms with Crippen molar-refractivity contribution in [1.82, 2.24) is 13.9 Å². The first-order chi connectivity index (χ1) is 10.5. The van der Waals surface area contributed by atoms with Gasteiger partial charge in [0, 0.05) is 5.56 Å². The summed E-state index contributed by atoms with van der Waals surface area (Å²) in [5.41, 5.74) is -1.53. The number of carbonyl (C=O) groups excluding carboxylic acids is 1. The van der Waals surface area contributed by atoms with Gasteiger partial charge in [0.05, 0.1) is 13.1 Å². The molecule has 3 rings (SSSR count). The van der Waals surface area contributed by atoms with Crippen molar-refractivity contribution < 1.29 is 13.6 Å². The van der Waals surface area contributed by atoms with E-state index in [9.17, 15) is 23.2 Å². The van der Waals surface area contributed by atoms with Gasteiger partial charge in [0.25, 0.3) is 0 Å². The number of fused-ring (bicyclic) bond motifs is 1. The summed E-state index contributed by atoms with van der Waals surface area (Å²) in [6, 6.07) is 1.93. The number of aromatic nitrogens is 3. The molecule has 0 bridgehead atoms. The summed E-state index contributed by atoms with van der Waals surface area (Å²) in [7, 11) is 0. The zero-order chi connectivity index (χ0) is 15.9. The summed E-state index contributed by atoms with van der Waals surface area (Å²) in [6.07, 6.45) is 3.62. The summed E-state index contributed by atoms with van der Waals surface area (Å²) in [5.74, 6) is -1.38. The largest absolute Gasteiger partial charge is 0.348 e. The van der Waals surface area contributed by atoms with E-state index >= 15 is 0 Å². The molecule has 0 spiro atoms. The van der Waals surface area contributed by atoms with Crippen LogP contribution in [0.5, 0.6) is 0 Å². The van der Waals surface area contributed by atoms with Crippen LogP contribution in [0.2, 0.25) is 0 Å². The van der Waals surface area contributed by atoms with Crippen molar-refractivity contribution in [2.45, 2.75) is 19.1 Å². The Labute approximate surface area is 122 Å². The summed E-state index contributed by atoms with van der Waals surface area (Å²) < 4.78 is 29.8. The maximum Gasteiger partial charge on any atom is 0.348 e. The van der Waals surface area contributed by atoms with Crippen LogP contribution in [0.1, 0.15) is 11.6 Å². The highest BCUT2D eigenvalue weighted by Gasteiger charge is 2.23. The molecule has 0 amide bonds. The normalized spacial score (nSPS) is 16.5. The second kappa shape index (κ2) is 5.21. The topological polar surface area (TPSA) is 66.0 Å². The van der Waals surface area contributed by atoms with E-state index in [0.29, 0.717) is 6.29 Å². The third kappa shape index (κ3) is 2.12. The first kappa shape index (κ1) is 14.2. The van der Waals surface area contributed by atoms with Crippen molar-refractivity contribution in [3.05, 3.63) is 68.5 Å². The number of nitrogens with zero attached hydrogens (tertiary/aromatic N) is 3. The Hall–Kier alpha value is -2.77. The van der Waals surface area contributed by atoms with Crippen molar-refractivity contribution in [2.24, 2.45) is 0 Å². The minimum atomic E-state index is -0.882. The maximum atomic E-state index is 13.7.